The number of aromatic carboxylic acids is 1. The number of anilines is 4. The van der Waals surface area contributed by atoms with Crippen LogP contribution in [0.4, 0.5) is 50.3 Å². The number of nitrogens with one attached hydrogen (secondary N) is 3. The molecule has 4 aromatic carbocycles. The van der Waals surface area contributed by atoms with Crippen LogP contribution in [0.15, 0.2) is 75.6 Å². The number of carbonyl (C=O) groups is 2. The van der Waals surface area contributed by atoms with Crippen molar-refractivity contribution in [3.8, 4) is 17.2 Å². The Morgan fingerprint density at radius 3 is 1.86 bits per heavy atom. The summed E-state index contributed by atoms with van der Waals surface area (Å²) < 4.78 is 121. The van der Waals surface area contributed by atoms with Crippen molar-refractivity contribution in [2.24, 2.45) is 0 Å². The number of benzene rings is 4. The van der Waals surface area contributed by atoms with E-state index < -0.39 is 53.1 Å². The quantitative estimate of drug-likeness (QED) is 0.0608. The maximum absolute atomic E-state index is 14.0. The van der Waals surface area contributed by atoms with E-state index in [0.717, 1.165) is 24.3 Å². The van der Waals surface area contributed by atoms with Gasteiger partial charge in [-0.2, -0.15) is 9.97 Å². The lowest BCUT2D eigenvalue weighted by molar-refractivity contribution is -0.276. The highest BCUT2D eigenvalue weighted by Crippen LogP contribution is 2.42. The van der Waals surface area contributed by atoms with Crippen molar-refractivity contribution in [3.05, 3.63) is 77.9 Å². The Labute approximate surface area is 380 Å². The molecule has 0 radical (unpaired) electrons. The molecular formula is C42H33F6N9O12. The molecule has 27 heteroatoms. The second-order valence-corrected chi connectivity index (χ2v) is 16.0. The number of oxazole rings is 2. The van der Waals surface area contributed by atoms with Gasteiger partial charge in [0.1, 0.15) is 22.4 Å². The molecule has 2 saturated heterocycles. The van der Waals surface area contributed by atoms with Gasteiger partial charge in [-0.1, -0.05) is 0 Å². The van der Waals surface area contributed by atoms with Gasteiger partial charge in [-0.15, -0.1) is 26.3 Å². The first-order chi connectivity index (χ1) is 32.8. The fourth-order valence-corrected chi connectivity index (χ4v) is 7.69. The number of imidazole rings is 2. The van der Waals surface area contributed by atoms with Gasteiger partial charge in [0.05, 0.1) is 73.8 Å². The number of fused-ring (bicyclic) bond motifs is 4. The average molecular weight is 970 g/mol. The molecule has 2 aliphatic heterocycles. The summed E-state index contributed by atoms with van der Waals surface area (Å²) in [6, 6.07) is 13.5. The Hall–Kier alpha value is -7.88. The summed E-state index contributed by atoms with van der Waals surface area (Å²) in [5.74, 6) is -3.54. The van der Waals surface area contributed by atoms with E-state index in [1.54, 1.807) is 9.13 Å². The molecule has 0 saturated carbocycles. The molecule has 6 heterocycles. The number of nitrogens with zero attached hydrogens (tertiary/aromatic N) is 6. The summed E-state index contributed by atoms with van der Waals surface area (Å²) in [6.45, 7) is -0.987. The first-order valence-electron chi connectivity index (χ1n) is 20.4. The predicted octanol–water partition coefficient (Wildman–Crippen LogP) is 5.98. The first-order valence-corrected chi connectivity index (χ1v) is 20.4. The lowest BCUT2D eigenvalue weighted by Crippen LogP contribution is -2.57. The third kappa shape index (κ3) is 9.26. The summed E-state index contributed by atoms with van der Waals surface area (Å²) in [4.78, 5) is 42.4. The van der Waals surface area contributed by atoms with Crippen molar-refractivity contribution in [3.63, 3.8) is 0 Å². The summed E-state index contributed by atoms with van der Waals surface area (Å²) in [7, 11) is 0. The van der Waals surface area contributed by atoms with E-state index in [0.29, 0.717) is 11.0 Å². The van der Waals surface area contributed by atoms with Crippen LogP contribution in [0.3, 0.4) is 0 Å². The van der Waals surface area contributed by atoms with Crippen molar-refractivity contribution >= 4 is 80.1 Å². The SMILES string of the molecule is O=C(O)c1ccc2c(c1)nc(Nc1nc3cc(OC4(Cn5c(Nc6nc7ccc(OC(F)(F)F)cc7o6)nc6cc(C(=O)NCCO)ccc65)COC4)c(OC(F)(F)F)cc3o1)n2CC1(O)COC1. The smallest absolute Gasteiger partial charge is 0.478 e. The molecule has 0 spiro atoms. The van der Waals surface area contributed by atoms with Crippen molar-refractivity contribution in [2.75, 3.05) is 50.2 Å². The fraction of sp³-hybridized carbons (Fsp3) is 0.286. The number of carboxylic acid groups (broad SMARTS) is 1. The average Bonchev–Trinajstić information content (AvgIpc) is 4.02. The minimum atomic E-state index is -5.22. The van der Waals surface area contributed by atoms with Gasteiger partial charge in [0, 0.05) is 30.3 Å². The topological polar surface area (TPSA) is 265 Å². The second-order valence-electron chi connectivity index (χ2n) is 16.0. The first kappa shape index (κ1) is 44.9. The molecule has 4 aromatic heterocycles. The number of aliphatic hydroxyl groups excluding tert-OH is 1. The molecule has 0 bridgehead atoms. The third-order valence-corrected chi connectivity index (χ3v) is 10.8. The molecule has 1 amide bonds. The minimum Gasteiger partial charge on any atom is -0.478 e. The number of halogens is 6. The summed E-state index contributed by atoms with van der Waals surface area (Å²) in [6.07, 6.45) is -10.2. The maximum atomic E-state index is 14.0. The molecular weight excluding hydrogens is 937 g/mol. The Kier molecular flexibility index (Phi) is 10.9. The third-order valence-electron chi connectivity index (χ3n) is 10.8. The maximum Gasteiger partial charge on any atom is 0.573 e. The Balaban J connectivity index is 0.993. The van der Waals surface area contributed by atoms with E-state index in [-0.39, 0.29) is 121 Å². The Bertz CT molecular complexity index is 3300. The van der Waals surface area contributed by atoms with E-state index in [2.05, 4.69) is 45.4 Å². The molecule has 21 nitrogen and oxygen atoms in total. The number of amides is 1. The Morgan fingerprint density at radius 1 is 0.681 bits per heavy atom. The number of carbonyl (C=O) groups excluding carboxylic acids is 1. The second kappa shape index (κ2) is 16.7. The zero-order chi connectivity index (χ0) is 48.5. The highest BCUT2D eigenvalue weighted by Gasteiger charge is 2.45. The number of hydrogen-bond donors (Lipinski definition) is 6. The standard InChI is InChI=1S/C42H33F6N9O12/c43-41(44,45)67-22-3-4-23-29(11-22)65-37(52-23)55-36-50-24-9-20(33(59)49-7-8-58)1-5-28(24)57(36)15-40(18-64-19-40)68-31-12-26-30(13-32(31)69-42(46,47)48)66-38(53-26)54-35-51-25-10-21(34(60)61)2-6-27(25)56(35)14-39(62)16-63-17-39/h1-6,9-13,58,62H,7-8,14-19H2,(H,49,59)(H,60,61)(H,50,52,55)(H,51,53,54). The van der Waals surface area contributed by atoms with Crippen molar-refractivity contribution in [1.82, 2.24) is 34.4 Å². The molecule has 8 aromatic rings. The van der Waals surface area contributed by atoms with Gasteiger partial charge < -0.3 is 62.3 Å². The summed E-state index contributed by atoms with van der Waals surface area (Å²) in [5.41, 5.74) is -1.56. The van der Waals surface area contributed by atoms with Crippen LogP contribution in [0.1, 0.15) is 20.7 Å². The van der Waals surface area contributed by atoms with Crippen LogP contribution in [0, 0.1) is 0 Å². The highest BCUT2D eigenvalue weighted by atomic mass is 19.4. The number of hydrogen-bond acceptors (Lipinski definition) is 17. The molecule has 2 fully saturated rings. The molecule has 69 heavy (non-hydrogen) atoms. The highest BCUT2D eigenvalue weighted by molar-refractivity contribution is 5.98. The number of aliphatic hydroxyl groups is 2. The van der Waals surface area contributed by atoms with Crippen LogP contribution in [-0.2, 0) is 22.6 Å². The van der Waals surface area contributed by atoms with Crippen molar-refractivity contribution < 1.29 is 83.8 Å². The van der Waals surface area contributed by atoms with Crippen LogP contribution in [-0.4, -0.2) is 120 Å². The van der Waals surface area contributed by atoms with Gasteiger partial charge in [0.2, 0.25) is 11.9 Å². The van der Waals surface area contributed by atoms with E-state index in [1.807, 2.05) is 0 Å². The number of rotatable bonds is 16. The molecule has 360 valence electrons. The van der Waals surface area contributed by atoms with Crippen LogP contribution in [0.25, 0.3) is 44.3 Å². The Morgan fingerprint density at radius 2 is 1.28 bits per heavy atom. The molecule has 0 atom stereocenters. The van der Waals surface area contributed by atoms with Gasteiger partial charge in [0.15, 0.2) is 28.3 Å². The van der Waals surface area contributed by atoms with Crippen LogP contribution >= 0.6 is 0 Å². The van der Waals surface area contributed by atoms with Crippen LogP contribution in [0.2, 0.25) is 0 Å². The van der Waals surface area contributed by atoms with Gasteiger partial charge in [0.25, 0.3) is 5.91 Å². The van der Waals surface area contributed by atoms with Gasteiger partial charge >= 0.3 is 30.7 Å². The molecule has 6 N–H and O–H groups in total. The lowest BCUT2D eigenvalue weighted by atomic mass is 10.0. The lowest BCUT2D eigenvalue weighted by Gasteiger charge is -2.42. The number of aromatic nitrogens is 6. The largest absolute Gasteiger partial charge is 0.573 e. The van der Waals surface area contributed by atoms with E-state index in [4.69, 9.17) is 23.0 Å². The summed E-state index contributed by atoms with van der Waals surface area (Å²) in [5, 5.41) is 38.0. The zero-order valence-corrected chi connectivity index (χ0v) is 35.0. The molecule has 10 rings (SSSR count). The number of carboxylic acids is 1. The van der Waals surface area contributed by atoms with Crippen molar-refractivity contribution in [2.45, 2.75) is 37.0 Å². The number of ether oxygens (including phenoxy) is 5. The van der Waals surface area contributed by atoms with Gasteiger partial charge in [-0.3, -0.25) is 15.4 Å². The fourth-order valence-electron chi connectivity index (χ4n) is 7.69. The molecule has 0 unspecified atom stereocenters. The summed E-state index contributed by atoms with van der Waals surface area (Å²) >= 11 is 0. The van der Waals surface area contributed by atoms with E-state index >= 15 is 0 Å². The molecule has 2 aliphatic rings. The van der Waals surface area contributed by atoms with Gasteiger partial charge in [-0.05, 0) is 48.5 Å². The van der Waals surface area contributed by atoms with Crippen molar-refractivity contribution in [1.29, 1.82) is 0 Å². The van der Waals surface area contributed by atoms with E-state index in [1.165, 1.54) is 42.5 Å². The monoisotopic (exact) mass is 969 g/mol. The van der Waals surface area contributed by atoms with Crippen LogP contribution in [0.5, 0.6) is 17.2 Å². The predicted molar refractivity (Wildman–Crippen MR) is 224 cm³/mol. The number of alkyl halides is 6. The minimum absolute atomic E-state index is 0.00649. The molecule has 0 aliphatic carbocycles. The van der Waals surface area contributed by atoms with Gasteiger partial charge in [-0.25, -0.2) is 14.8 Å². The normalized spacial score (nSPS) is 15.5. The van der Waals surface area contributed by atoms with Crippen LogP contribution < -0.4 is 30.2 Å². The zero-order valence-electron chi connectivity index (χ0n) is 35.0. The van der Waals surface area contributed by atoms with E-state index in [9.17, 15) is 51.3 Å².